The molecule has 0 radical (unpaired) electrons. The molecule has 1 aliphatic heterocycles. The lowest BCUT2D eigenvalue weighted by Gasteiger charge is -2.36. The van der Waals surface area contributed by atoms with Crippen LogP contribution in [0.2, 0.25) is 0 Å². The highest BCUT2D eigenvalue weighted by Crippen LogP contribution is 2.33. The molecule has 2 heterocycles. The highest BCUT2D eigenvalue weighted by Gasteiger charge is 2.33. The number of rotatable bonds is 2. The largest absolute Gasteiger partial charge is 0.379 e. The maximum atomic E-state index is 9.10. The van der Waals surface area contributed by atoms with Crippen LogP contribution >= 0.6 is 11.6 Å². The van der Waals surface area contributed by atoms with Gasteiger partial charge in [0.15, 0.2) is 0 Å². The molecule has 4 nitrogen and oxygen atoms in total. The minimum atomic E-state index is -0.148. The third-order valence-corrected chi connectivity index (χ3v) is 4.17. The van der Waals surface area contributed by atoms with Crippen LogP contribution in [0.4, 0.5) is 0 Å². The summed E-state index contributed by atoms with van der Waals surface area (Å²) in [6.07, 6.45) is 2.05. The number of hydrogen-bond acceptors (Lipinski definition) is 3. The fourth-order valence-electron chi connectivity index (χ4n) is 2.98. The van der Waals surface area contributed by atoms with Crippen molar-refractivity contribution in [1.82, 2.24) is 9.55 Å². The second-order valence-corrected chi connectivity index (χ2v) is 5.73. The van der Waals surface area contributed by atoms with Crippen molar-refractivity contribution in [2.24, 2.45) is 0 Å². The summed E-state index contributed by atoms with van der Waals surface area (Å²) in [7, 11) is 0. The molecule has 0 N–H and O–H groups in total. The standard InChI is InChI=1S/C15H16ClN3O/c1-15(5-2-6-20-10-15)19-13-7-11(9-17)3-4-12(13)18-14(19)8-16/h3-4,7H,2,5-6,8,10H2,1H3. The van der Waals surface area contributed by atoms with Crippen molar-refractivity contribution in [3.63, 3.8) is 0 Å². The van der Waals surface area contributed by atoms with Gasteiger partial charge in [0, 0.05) is 6.61 Å². The zero-order valence-electron chi connectivity index (χ0n) is 11.4. The summed E-state index contributed by atoms with van der Waals surface area (Å²) in [5.74, 6) is 1.19. The van der Waals surface area contributed by atoms with E-state index < -0.39 is 0 Å². The first-order chi connectivity index (χ1) is 9.68. The van der Waals surface area contributed by atoms with Crippen LogP contribution in [0.5, 0.6) is 0 Å². The zero-order valence-corrected chi connectivity index (χ0v) is 12.2. The molecule has 1 saturated heterocycles. The molecular weight excluding hydrogens is 274 g/mol. The molecule has 1 aromatic carbocycles. The monoisotopic (exact) mass is 289 g/mol. The van der Waals surface area contributed by atoms with Crippen LogP contribution in [0, 0.1) is 11.3 Å². The Balaban J connectivity index is 2.23. The average Bonchev–Trinajstić information content (AvgIpc) is 2.86. The van der Waals surface area contributed by atoms with Crippen molar-refractivity contribution in [3.05, 3.63) is 29.6 Å². The summed E-state index contributed by atoms with van der Waals surface area (Å²) >= 11 is 6.07. The van der Waals surface area contributed by atoms with Crippen molar-refractivity contribution in [2.45, 2.75) is 31.2 Å². The molecule has 0 aliphatic carbocycles. The Labute approximate surface area is 122 Å². The Bertz CT molecular complexity index is 680. The lowest BCUT2D eigenvalue weighted by atomic mass is 9.94. The van der Waals surface area contributed by atoms with E-state index in [1.54, 1.807) is 6.07 Å². The number of nitrogens with zero attached hydrogens (tertiary/aromatic N) is 3. The van der Waals surface area contributed by atoms with E-state index >= 15 is 0 Å². The fraction of sp³-hybridized carbons (Fsp3) is 0.467. The van der Waals surface area contributed by atoms with Gasteiger partial charge in [0.05, 0.1) is 40.7 Å². The van der Waals surface area contributed by atoms with E-state index in [2.05, 4.69) is 22.5 Å². The van der Waals surface area contributed by atoms with Gasteiger partial charge in [-0.3, -0.25) is 0 Å². The van der Waals surface area contributed by atoms with Crippen LogP contribution in [-0.4, -0.2) is 22.8 Å². The van der Waals surface area contributed by atoms with Gasteiger partial charge in [0.2, 0.25) is 0 Å². The number of hydrogen-bond donors (Lipinski definition) is 0. The Hall–Kier alpha value is -1.57. The molecule has 1 aromatic heterocycles. The molecule has 104 valence electrons. The number of alkyl halides is 1. The van der Waals surface area contributed by atoms with Crippen molar-refractivity contribution < 1.29 is 4.74 Å². The van der Waals surface area contributed by atoms with E-state index in [1.807, 2.05) is 12.1 Å². The molecular formula is C15H16ClN3O. The van der Waals surface area contributed by atoms with Crippen molar-refractivity contribution in [1.29, 1.82) is 5.26 Å². The molecule has 1 aliphatic rings. The normalized spacial score (nSPS) is 22.9. The summed E-state index contributed by atoms with van der Waals surface area (Å²) in [6.45, 7) is 3.63. The maximum Gasteiger partial charge on any atom is 0.125 e. The minimum absolute atomic E-state index is 0.148. The molecule has 0 amide bonds. The number of halogens is 1. The molecule has 20 heavy (non-hydrogen) atoms. The second-order valence-electron chi connectivity index (χ2n) is 5.47. The molecule has 1 unspecified atom stereocenters. The van der Waals surface area contributed by atoms with Crippen LogP contribution in [0.1, 0.15) is 31.2 Å². The number of aromatic nitrogens is 2. The predicted octanol–water partition coefficient (Wildman–Crippen LogP) is 3.17. The van der Waals surface area contributed by atoms with E-state index in [1.165, 1.54) is 0 Å². The topological polar surface area (TPSA) is 50.8 Å². The van der Waals surface area contributed by atoms with Gasteiger partial charge in [-0.1, -0.05) is 0 Å². The van der Waals surface area contributed by atoms with Crippen LogP contribution in [0.25, 0.3) is 11.0 Å². The second kappa shape index (κ2) is 5.08. The SMILES string of the molecule is CC1(n2c(CCl)nc3ccc(C#N)cc32)CCCOC1. The van der Waals surface area contributed by atoms with Crippen LogP contribution in [-0.2, 0) is 16.2 Å². The van der Waals surface area contributed by atoms with Gasteiger partial charge < -0.3 is 9.30 Å². The number of nitriles is 1. The quantitative estimate of drug-likeness (QED) is 0.798. The molecule has 3 rings (SSSR count). The number of benzene rings is 1. The molecule has 0 bridgehead atoms. The summed E-state index contributed by atoms with van der Waals surface area (Å²) in [6, 6.07) is 7.74. The van der Waals surface area contributed by atoms with Gasteiger partial charge in [-0.05, 0) is 38.0 Å². The van der Waals surface area contributed by atoms with E-state index in [0.717, 1.165) is 36.3 Å². The summed E-state index contributed by atoms with van der Waals surface area (Å²) < 4.78 is 7.82. The first kappa shape index (κ1) is 13.4. The van der Waals surface area contributed by atoms with E-state index in [4.69, 9.17) is 21.6 Å². The molecule has 1 atom stereocenters. The average molecular weight is 290 g/mol. The lowest BCUT2D eigenvalue weighted by Crippen LogP contribution is -2.39. The summed E-state index contributed by atoms with van der Waals surface area (Å²) in [5, 5.41) is 9.10. The summed E-state index contributed by atoms with van der Waals surface area (Å²) in [5.41, 5.74) is 2.34. The maximum absolute atomic E-state index is 9.10. The van der Waals surface area contributed by atoms with Crippen LogP contribution < -0.4 is 0 Å². The van der Waals surface area contributed by atoms with Gasteiger partial charge in [-0.15, -0.1) is 11.6 Å². The van der Waals surface area contributed by atoms with Gasteiger partial charge in [-0.25, -0.2) is 4.98 Å². The highest BCUT2D eigenvalue weighted by atomic mass is 35.5. The number of ether oxygens (including phenoxy) is 1. The number of fused-ring (bicyclic) bond motifs is 1. The third-order valence-electron chi connectivity index (χ3n) is 3.93. The minimum Gasteiger partial charge on any atom is -0.379 e. The van der Waals surface area contributed by atoms with Crippen LogP contribution in [0.15, 0.2) is 18.2 Å². The zero-order chi connectivity index (χ0) is 14.2. The van der Waals surface area contributed by atoms with E-state index in [-0.39, 0.29) is 5.54 Å². The highest BCUT2D eigenvalue weighted by molar-refractivity contribution is 6.16. The van der Waals surface area contributed by atoms with Gasteiger partial charge >= 0.3 is 0 Å². The van der Waals surface area contributed by atoms with Gasteiger partial charge in [0.1, 0.15) is 5.82 Å². The number of imidazole rings is 1. The molecule has 5 heteroatoms. The van der Waals surface area contributed by atoms with E-state index in [9.17, 15) is 0 Å². The molecule has 0 spiro atoms. The Kier molecular flexibility index (Phi) is 3.41. The molecule has 2 aromatic rings. The Morgan fingerprint density at radius 3 is 3.05 bits per heavy atom. The fourth-order valence-corrected chi connectivity index (χ4v) is 3.16. The third kappa shape index (κ3) is 2.07. The van der Waals surface area contributed by atoms with Crippen molar-refractivity contribution in [2.75, 3.05) is 13.2 Å². The first-order valence-electron chi connectivity index (χ1n) is 6.73. The smallest absolute Gasteiger partial charge is 0.125 e. The predicted molar refractivity (Wildman–Crippen MR) is 77.7 cm³/mol. The van der Waals surface area contributed by atoms with Gasteiger partial charge in [0.25, 0.3) is 0 Å². The lowest BCUT2D eigenvalue weighted by molar-refractivity contribution is 0.0104. The Morgan fingerprint density at radius 1 is 1.55 bits per heavy atom. The van der Waals surface area contributed by atoms with Crippen molar-refractivity contribution >= 4 is 22.6 Å². The summed E-state index contributed by atoms with van der Waals surface area (Å²) in [4.78, 5) is 4.59. The van der Waals surface area contributed by atoms with Crippen molar-refractivity contribution in [3.8, 4) is 6.07 Å². The van der Waals surface area contributed by atoms with Gasteiger partial charge in [-0.2, -0.15) is 5.26 Å². The molecule has 1 fully saturated rings. The van der Waals surface area contributed by atoms with Crippen LogP contribution in [0.3, 0.4) is 0 Å². The first-order valence-corrected chi connectivity index (χ1v) is 7.27. The van der Waals surface area contributed by atoms with E-state index in [0.29, 0.717) is 18.1 Å². The Morgan fingerprint density at radius 2 is 2.40 bits per heavy atom. The molecule has 0 saturated carbocycles.